The van der Waals surface area contributed by atoms with Crippen molar-refractivity contribution in [2.24, 2.45) is 11.7 Å². The second-order valence-corrected chi connectivity index (χ2v) is 7.46. The molecule has 1 atom stereocenters. The van der Waals surface area contributed by atoms with Crippen LogP contribution in [0.4, 0.5) is 0 Å². The minimum Gasteiger partial charge on any atom is -0.322 e. The first-order valence-electron chi connectivity index (χ1n) is 7.72. The van der Waals surface area contributed by atoms with Crippen LogP contribution in [-0.2, 0) is 6.54 Å². The minimum absolute atomic E-state index is 0.178. The highest BCUT2D eigenvalue weighted by atomic mass is 35.5. The average molecular weight is 383 g/mol. The molecule has 3 rings (SSSR count). The average Bonchev–Trinajstić information content (AvgIpc) is 2.87. The van der Waals surface area contributed by atoms with Crippen LogP contribution in [-0.4, -0.2) is 9.55 Å². The lowest BCUT2D eigenvalue weighted by molar-refractivity contribution is 0.475. The third-order valence-electron chi connectivity index (χ3n) is 4.09. The summed E-state index contributed by atoms with van der Waals surface area (Å²) < 4.78 is 2.10. The summed E-state index contributed by atoms with van der Waals surface area (Å²) in [6.45, 7) is 4.80. The molecule has 0 aliphatic carbocycles. The third kappa shape index (κ3) is 3.40. The summed E-state index contributed by atoms with van der Waals surface area (Å²) in [6.07, 6.45) is 0. The maximum absolute atomic E-state index is 6.39. The lowest BCUT2D eigenvalue weighted by atomic mass is 10.0. The van der Waals surface area contributed by atoms with Gasteiger partial charge in [-0.1, -0.05) is 60.8 Å². The molecule has 3 nitrogen and oxygen atoms in total. The van der Waals surface area contributed by atoms with Crippen molar-refractivity contribution in [2.75, 3.05) is 0 Å². The van der Waals surface area contributed by atoms with E-state index in [2.05, 4.69) is 18.4 Å². The quantitative estimate of drug-likeness (QED) is 0.629. The van der Waals surface area contributed by atoms with Gasteiger partial charge in [-0.3, -0.25) is 0 Å². The molecule has 0 bridgehead atoms. The highest BCUT2D eigenvalue weighted by Crippen LogP contribution is 2.31. The van der Waals surface area contributed by atoms with Gasteiger partial charge >= 0.3 is 0 Å². The fourth-order valence-electron chi connectivity index (χ4n) is 2.63. The van der Waals surface area contributed by atoms with Gasteiger partial charge in [-0.25, -0.2) is 4.98 Å². The Bertz CT molecular complexity index is 869. The number of hydrogen-bond donors (Lipinski definition) is 1. The van der Waals surface area contributed by atoms with Gasteiger partial charge in [0.25, 0.3) is 0 Å². The predicted octanol–water partition coefficient (Wildman–Crippen LogP) is 5.70. The highest BCUT2D eigenvalue weighted by molar-refractivity contribution is 6.42. The van der Waals surface area contributed by atoms with Gasteiger partial charge in [0.15, 0.2) is 0 Å². The van der Waals surface area contributed by atoms with E-state index in [1.54, 1.807) is 6.07 Å². The predicted molar refractivity (Wildman–Crippen MR) is 102 cm³/mol. The highest BCUT2D eigenvalue weighted by Gasteiger charge is 2.20. The van der Waals surface area contributed by atoms with E-state index < -0.39 is 0 Å². The van der Waals surface area contributed by atoms with Crippen molar-refractivity contribution in [3.05, 3.63) is 62.9 Å². The molecule has 0 amide bonds. The topological polar surface area (TPSA) is 43.8 Å². The van der Waals surface area contributed by atoms with Crippen molar-refractivity contribution < 1.29 is 0 Å². The standard InChI is InChI=1S/C18H18Cl3N3/c1-10(2)17(22)18-23-15-7-13(20)14(21)8-16(15)24(18)9-11-3-5-12(19)6-4-11/h3-8,10,17H,9,22H2,1-2H3/t17-/m0/s1. The van der Waals surface area contributed by atoms with Gasteiger partial charge in [-0.15, -0.1) is 0 Å². The molecule has 24 heavy (non-hydrogen) atoms. The number of aromatic nitrogens is 2. The zero-order valence-corrected chi connectivity index (χ0v) is 15.7. The van der Waals surface area contributed by atoms with E-state index in [9.17, 15) is 0 Å². The van der Waals surface area contributed by atoms with E-state index in [1.807, 2.05) is 30.3 Å². The van der Waals surface area contributed by atoms with Crippen molar-refractivity contribution in [3.8, 4) is 0 Å². The first kappa shape index (κ1) is 17.6. The van der Waals surface area contributed by atoms with Gasteiger partial charge in [-0.2, -0.15) is 0 Å². The molecule has 3 aromatic rings. The maximum Gasteiger partial charge on any atom is 0.127 e. The number of benzene rings is 2. The molecule has 0 aliphatic rings. The molecule has 0 spiro atoms. The zero-order valence-electron chi connectivity index (χ0n) is 13.4. The Kier molecular flexibility index (Phi) is 5.07. The second kappa shape index (κ2) is 6.93. The number of imidazole rings is 1. The molecule has 0 fully saturated rings. The van der Waals surface area contributed by atoms with Gasteiger partial charge < -0.3 is 10.3 Å². The molecule has 1 heterocycles. The Morgan fingerprint density at radius 2 is 1.67 bits per heavy atom. The smallest absolute Gasteiger partial charge is 0.127 e. The molecule has 0 radical (unpaired) electrons. The number of fused-ring (bicyclic) bond motifs is 1. The monoisotopic (exact) mass is 381 g/mol. The fraction of sp³-hybridized carbons (Fsp3) is 0.278. The van der Waals surface area contributed by atoms with E-state index in [1.165, 1.54) is 0 Å². The van der Waals surface area contributed by atoms with E-state index in [0.717, 1.165) is 22.4 Å². The van der Waals surface area contributed by atoms with Crippen LogP contribution in [0.3, 0.4) is 0 Å². The Hall–Kier alpha value is -1.26. The molecule has 2 N–H and O–H groups in total. The minimum atomic E-state index is -0.178. The fourth-order valence-corrected chi connectivity index (χ4v) is 3.07. The molecule has 0 aliphatic heterocycles. The second-order valence-electron chi connectivity index (χ2n) is 6.21. The zero-order chi connectivity index (χ0) is 17.4. The molecule has 126 valence electrons. The van der Waals surface area contributed by atoms with Crippen LogP contribution in [0.5, 0.6) is 0 Å². The van der Waals surface area contributed by atoms with E-state index in [4.69, 9.17) is 45.5 Å². The number of nitrogens with zero attached hydrogens (tertiary/aromatic N) is 2. The third-order valence-corrected chi connectivity index (χ3v) is 5.06. The molecule has 0 saturated carbocycles. The largest absolute Gasteiger partial charge is 0.322 e. The SMILES string of the molecule is CC(C)[C@H](N)c1nc2cc(Cl)c(Cl)cc2n1Cc1ccc(Cl)cc1. The summed E-state index contributed by atoms with van der Waals surface area (Å²) in [5, 5.41) is 1.71. The van der Waals surface area contributed by atoms with Gasteiger partial charge in [0.2, 0.25) is 0 Å². The van der Waals surface area contributed by atoms with Crippen LogP contribution in [0.15, 0.2) is 36.4 Å². The maximum atomic E-state index is 6.39. The first-order chi connectivity index (χ1) is 11.4. The summed E-state index contributed by atoms with van der Waals surface area (Å²) in [7, 11) is 0. The van der Waals surface area contributed by atoms with Crippen LogP contribution in [0, 0.1) is 5.92 Å². The molecular formula is C18H18Cl3N3. The van der Waals surface area contributed by atoms with Crippen LogP contribution in [0.1, 0.15) is 31.3 Å². The summed E-state index contributed by atoms with van der Waals surface area (Å²) >= 11 is 18.3. The molecule has 0 saturated heterocycles. The molecular weight excluding hydrogens is 365 g/mol. The Balaban J connectivity index is 2.16. The lowest BCUT2D eigenvalue weighted by Gasteiger charge is -2.18. The number of hydrogen-bond acceptors (Lipinski definition) is 2. The van der Waals surface area contributed by atoms with Gasteiger partial charge in [0.1, 0.15) is 5.82 Å². The van der Waals surface area contributed by atoms with Crippen LogP contribution >= 0.6 is 34.8 Å². The molecule has 6 heteroatoms. The Morgan fingerprint density at radius 3 is 2.29 bits per heavy atom. The van der Waals surface area contributed by atoms with Crippen LogP contribution in [0.25, 0.3) is 11.0 Å². The van der Waals surface area contributed by atoms with Gasteiger partial charge in [0, 0.05) is 11.6 Å². The van der Waals surface area contributed by atoms with Crippen LogP contribution in [0.2, 0.25) is 15.1 Å². The summed E-state index contributed by atoms with van der Waals surface area (Å²) in [6, 6.07) is 11.2. The van der Waals surface area contributed by atoms with Crippen molar-refractivity contribution in [1.82, 2.24) is 9.55 Å². The molecule has 0 unspecified atom stereocenters. The van der Waals surface area contributed by atoms with Crippen molar-refractivity contribution in [1.29, 1.82) is 0 Å². The Labute approximate surface area is 156 Å². The molecule has 2 aromatic carbocycles. The summed E-state index contributed by atoms with van der Waals surface area (Å²) in [5.74, 6) is 1.09. The number of nitrogens with two attached hydrogens (primary N) is 1. The summed E-state index contributed by atoms with van der Waals surface area (Å²) in [4.78, 5) is 4.72. The molecule has 1 aromatic heterocycles. The van der Waals surface area contributed by atoms with Crippen molar-refractivity contribution in [3.63, 3.8) is 0 Å². The van der Waals surface area contributed by atoms with Crippen molar-refractivity contribution >= 4 is 45.8 Å². The number of rotatable bonds is 4. The van der Waals surface area contributed by atoms with E-state index in [0.29, 0.717) is 21.6 Å². The van der Waals surface area contributed by atoms with Crippen LogP contribution < -0.4 is 5.73 Å². The number of halogens is 3. The van der Waals surface area contributed by atoms with E-state index in [-0.39, 0.29) is 12.0 Å². The normalized spacial score (nSPS) is 13.0. The summed E-state index contributed by atoms with van der Waals surface area (Å²) in [5.41, 5.74) is 9.22. The van der Waals surface area contributed by atoms with Gasteiger partial charge in [-0.05, 0) is 35.7 Å². The van der Waals surface area contributed by atoms with Gasteiger partial charge in [0.05, 0.1) is 27.1 Å². The Morgan fingerprint density at radius 1 is 1.04 bits per heavy atom. The van der Waals surface area contributed by atoms with Crippen molar-refractivity contribution in [2.45, 2.75) is 26.4 Å². The van der Waals surface area contributed by atoms with E-state index >= 15 is 0 Å². The lowest BCUT2D eigenvalue weighted by Crippen LogP contribution is -2.22. The first-order valence-corrected chi connectivity index (χ1v) is 8.85.